The standard InChI is InChI=1S/C12H19N3O2/c1-2-6-15-7-5-14-11(12(15)16)17-10-4-3-9(13)8-10/h5,7,9-10H,2-4,6,8,13H2,1H3. The molecule has 2 N–H and O–H groups in total. The van der Waals surface area contributed by atoms with Crippen LogP contribution in [0, 0.1) is 0 Å². The van der Waals surface area contributed by atoms with Crippen LogP contribution in [0.5, 0.6) is 5.88 Å². The lowest BCUT2D eigenvalue weighted by molar-refractivity contribution is 0.195. The Bertz CT molecular complexity index is 430. The molecule has 2 unspecified atom stereocenters. The summed E-state index contributed by atoms with van der Waals surface area (Å²) in [4.78, 5) is 16.0. The van der Waals surface area contributed by atoms with Gasteiger partial charge in [-0.25, -0.2) is 4.98 Å². The number of hydrogen-bond donors (Lipinski definition) is 1. The molecule has 94 valence electrons. The van der Waals surface area contributed by atoms with Crippen LogP contribution in [0.25, 0.3) is 0 Å². The van der Waals surface area contributed by atoms with E-state index in [1.807, 2.05) is 6.92 Å². The molecule has 5 nitrogen and oxygen atoms in total. The second-order valence-electron chi connectivity index (χ2n) is 4.54. The second kappa shape index (κ2) is 5.31. The molecule has 0 aromatic carbocycles. The van der Waals surface area contributed by atoms with Crippen molar-refractivity contribution >= 4 is 0 Å². The van der Waals surface area contributed by atoms with Gasteiger partial charge in [0.25, 0.3) is 5.88 Å². The largest absolute Gasteiger partial charge is 0.470 e. The molecule has 2 atom stereocenters. The average molecular weight is 237 g/mol. The summed E-state index contributed by atoms with van der Waals surface area (Å²) in [5.74, 6) is 0.208. The molecule has 0 radical (unpaired) electrons. The minimum absolute atomic E-state index is 0.0441. The van der Waals surface area contributed by atoms with Crippen molar-refractivity contribution in [3.05, 3.63) is 22.7 Å². The van der Waals surface area contributed by atoms with Crippen molar-refractivity contribution in [3.63, 3.8) is 0 Å². The molecule has 1 fully saturated rings. The maximum atomic E-state index is 12.0. The third kappa shape index (κ3) is 2.85. The van der Waals surface area contributed by atoms with Gasteiger partial charge >= 0.3 is 5.56 Å². The minimum atomic E-state index is -0.144. The second-order valence-corrected chi connectivity index (χ2v) is 4.54. The summed E-state index contributed by atoms with van der Waals surface area (Å²) in [6.45, 7) is 2.73. The summed E-state index contributed by atoms with van der Waals surface area (Å²) in [6, 6.07) is 0.196. The first-order valence-electron chi connectivity index (χ1n) is 6.18. The van der Waals surface area contributed by atoms with Crippen molar-refractivity contribution in [3.8, 4) is 5.88 Å². The van der Waals surface area contributed by atoms with Crippen molar-refractivity contribution in [1.82, 2.24) is 9.55 Å². The van der Waals surface area contributed by atoms with Crippen molar-refractivity contribution < 1.29 is 4.74 Å². The van der Waals surface area contributed by atoms with Crippen LogP contribution in [0.4, 0.5) is 0 Å². The van der Waals surface area contributed by atoms with E-state index in [0.717, 1.165) is 25.7 Å². The van der Waals surface area contributed by atoms with E-state index in [2.05, 4.69) is 4.98 Å². The number of aromatic nitrogens is 2. The predicted molar refractivity (Wildman–Crippen MR) is 65.0 cm³/mol. The van der Waals surface area contributed by atoms with Gasteiger partial charge in [-0.3, -0.25) is 4.79 Å². The van der Waals surface area contributed by atoms with E-state index in [4.69, 9.17) is 10.5 Å². The van der Waals surface area contributed by atoms with Crippen molar-refractivity contribution in [2.24, 2.45) is 5.73 Å². The van der Waals surface area contributed by atoms with Gasteiger partial charge in [0.1, 0.15) is 6.10 Å². The molecule has 0 saturated heterocycles. The number of hydrogen-bond acceptors (Lipinski definition) is 4. The Balaban J connectivity index is 2.10. The molecular weight excluding hydrogens is 218 g/mol. The zero-order chi connectivity index (χ0) is 12.3. The van der Waals surface area contributed by atoms with Gasteiger partial charge in [-0.2, -0.15) is 0 Å². The third-order valence-electron chi connectivity index (χ3n) is 3.05. The monoisotopic (exact) mass is 237 g/mol. The fourth-order valence-corrected chi connectivity index (χ4v) is 2.16. The van der Waals surface area contributed by atoms with Gasteiger partial charge in [0, 0.05) is 25.0 Å². The first kappa shape index (κ1) is 12.1. The van der Waals surface area contributed by atoms with Crippen molar-refractivity contribution in [2.75, 3.05) is 0 Å². The molecule has 2 rings (SSSR count). The summed E-state index contributed by atoms with van der Waals surface area (Å²) in [5.41, 5.74) is 5.67. The molecule has 1 aliphatic carbocycles. The SMILES string of the molecule is CCCn1ccnc(OC2CCC(N)C2)c1=O. The fraction of sp³-hybridized carbons (Fsp3) is 0.667. The van der Waals surface area contributed by atoms with E-state index in [9.17, 15) is 4.79 Å². The van der Waals surface area contributed by atoms with Crippen LogP contribution < -0.4 is 16.0 Å². The Labute approximate surface area is 101 Å². The molecule has 0 spiro atoms. The highest BCUT2D eigenvalue weighted by atomic mass is 16.5. The smallest absolute Gasteiger partial charge is 0.313 e. The fourth-order valence-electron chi connectivity index (χ4n) is 2.16. The van der Waals surface area contributed by atoms with Crippen LogP contribution in [-0.4, -0.2) is 21.7 Å². The van der Waals surface area contributed by atoms with Gasteiger partial charge in [-0.15, -0.1) is 0 Å². The normalized spacial score (nSPS) is 23.9. The summed E-state index contributed by atoms with van der Waals surface area (Å²) in [7, 11) is 0. The minimum Gasteiger partial charge on any atom is -0.470 e. The molecule has 0 aliphatic heterocycles. The number of rotatable bonds is 4. The molecule has 1 saturated carbocycles. The number of nitrogens with two attached hydrogens (primary N) is 1. The van der Waals surface area contributed by atoms with Crippen LogP contribution in [0.2, 0.25) is 0 Å². The maximum absolute atomic E-state index is 12.0. The summed E-state index contributed by atoms with van der Waals surface area (Å²) in [5, 5.41) is 0. The van der Waals surface area contributed by atoms with E-state index in [0.29, 0.717) is 6.54 Å². The number of ether oxygens (including phenoxy) is 1. The molecule has 5 heteroatoms. The zero-order valence-electron chi connectivity index (χ0n) is 10.1. The lowest BCUT2D eigenvalue weighted by Crippen LogP contribution is -2.26. The van der Waals surface area contributed by atoms with Gasteiger partial charge in [0.05, 0.1) is 0 Å². The topological polar surface area (TPSA) is 70.1 Å². The zero-order valence-corrected chi connectivity index (χ0v) is 10.1. The van der Waals surface area contributed by atoms with Gasteiger partial charge in [-0.05, 0) is 25.7 Å². The quantitative estimate of drug-likeness (QED) is 0.845. The maximum Gasteiger partial charge on any atom is 0.313 e. The van der Waals surface area contributed by atoms with Gasteiger partial charge in [-0.1, -0.05) is 6.92 Å². The Morgan fingerprint density at radius 3 is 3.06 bits per heavy atom. The molecular formula is C12H19N3O2. The Hall–Kier alpha value is -1.36. The molecule has 1 aromatic heterocycles. The Morgan fingerprint density at radius 2 is 2.41 bits per heavy atom. The van der Waals surface area contributed by atoms with Gasteiger partial charge in [0.2, 0.25) is 0 Å². The summed E-state index contributed by atoms with van der Waals surface area (Å²) in [6.07, 6.45) is 6.94. The van der Waals surface area contributed by atoms with Crippen molar-refractivity contribution in [2.45, 2.75) is 51.3 Å². The number of aryl methyl sites for hydroxylation is 1. The molecule has 1 heterocycles. The van der Waals surface area contributed by atoms with E-state index in [1.54, 1.807) is 17.0 Å². The van der Waals surface area contributed by atoms with Crippen LogP contribution in [0.3, 0.4) is 0 Å². The molecule has 0 amide bonds. The van der Waals surface area contributed by atoms with Gasteiger partial charge in [0.15, 0.2) is 0 Å². The van der Waals surface area contributed by atoms with Crippen molar-refractivity contribution in [1.29, 1.82) is 0 Å². The number of nitrogens with zero attached hydrogens (tertiary/aromatic N) is 2. The molecule has 0 bridgehead atoms. The Kier molecular flexibility index (Phi) is 3.78. The van der Waals surface area contributed by atoms with E-state index < -0.39 is 0 Å². The first-order valence-corrected chi connectivity index (χ1v) is 6.18. The van der Waals surface area contributed by atoms with Crippen LogP contribution in [0.1, 0.15) is 32.6 Å². The summed E-state index contributed by atoms with van der Waals surface area (Å²) >= 11 is 0. The third-order valence-corrected chi connectivity index (χ3v) is 3.05. The average Bonchev–Trinajstić information content (AvgIpc) is 2.70. The highest BCUT2D eigenvalue weighted by Crippen LogP contribution is 2.20. The Morgan fingerprint density at radius 1 is 1.59 bits per heavy atom. The van der Waals surface area contributed by atoms with Crippen LogP contribution in [0.15, 0.2) is 17.2 Å². The van der Waals surface area contributed by atoms with E-state index >= 15 is 0 Å². The highest BCUT2D eigenvalue weighted by molar-refractivity contribution is 5.05. The molecule has 1 aromatic rings. The lowest BCUT2D eigenvalue weighted by Gasteiger charge is -2.12. The van der Waals surface area contributed by atoms with Crippen LogP contribution in [-0.2, 0) is 6.54 Å². The predicted octanol–water partition coefficient (Wildman–Crippen LogP) is 0.912. The molecule has 17 heavy (non-hydrogen) atoms. The van der Waals surface area contributed by atoms with Crippen LogP contribution >= 0.6 is 0 Å². The summed E-state index contributed by atoms with van der Waals surface area (Å²) < 4.78 is 7.28. The lowest BCUT2D eigenvalue weighted by atomic mass is 10.3. The van der Waals surface area contributed by atoms with E-state index in [-0.39, 0.29) is 23.6 Å². The van der Waals surface area contributed by atoms with E-state index in [1.165, 1.54) is 0 Å². The molecule has 1 aliphatic rings. The van der Waals surface area contributed by atoms with Gasteiger partial charge < -0.3 is 15.0 Å². The highest BCUT2D eigenvalue weighted by Gasteiger charge is 2.24. The first-order chi connectivity index (χ1) is 8.20.